The molecule has 2 atom stereocenters. The van der Waals surface area contributed by atoms with E-state index < -0.39 is 10.0 Å². The van der Waals surface area contributed by atoms with Gasteiger partial charge in [0.15, 0.2) is 0 Å². The van der Waals surface area contributed by atoms with Gasteiger partial charge in [-0.2, -0.15) is 4.31 Å². The van der Waals surface area contributed by atoms with Crippen molar-refractivity contribution in [3.8, 4) is 0 Å². The molecule has 1 aliphatic rings. The zero-order valence-corrected chi connectivity index (χ0v) is 12.9. The average molecular weight is 297 g/mol. The molecular formula is C15H23NO3S. The maximum atomic E-state index is 12.6. The summed E-state index contributed by atoms with van der Waals surface area (Å²) < 4.78 is 26.6. The summed E-state index contributed by atoms with van der Waals surface area (Å²) in [6, 6.07) is 6.89. The van der Waals surface area contributed by atoms with Crippen LogP contribution in [0.3, 0.4) is 0 Å². The molecule has 0 bridgehead atoms. The van der Waals surface area contributed by atoms with Crippen molar-refractivity contribution in [3.63, 3.8) is 0 Å². The first-order valence-electron chi connectivity index (χ1n) is 7.23. The van der Waals surface area contributed by atoms with Gasteiger partial charge >= 0.3 is 0 Å². The highest BCUT2D eigenvalue weighted by Crippen LogP contribution is 2.27. The molecule has 0 saturated carbocycles. The normalized spacial score (nSPS) is 22.1. The van der Waals surface area contributed by atoms with Crippen molar-refractivity contribution in [3.05, 3.63) is 29.8 Å². The van der Waals surface area contributed by atoms with Gasteiger partial charge < -0.3 is 5.11 Å². The number of nitrogens with zero attached hydrogens (tertiary/aromatic N) is 1. The maximum Gasteiger partial charge on any atom is 0.243 e. The molecule has 112 valence electrons. The van der Waals surface area contributed by atoms with Crippen LogP contribution in [0.2, 0.25) is 0 Å². The van der Waals surface area contributed by atoms with Gasteiger partial charge in [0.2, 0.25) is 10.0 Å². The quantitative estimate of drug-likeness (QED) is 0.907. The standard InChI is InChI=1S/C15H23NO3S/c1-3-12(2)13-6-8-15(9-7-13)20(18,19)16-10-4-5-14(16)11-17/h6-9,12,14,17H,3-5,10-11H2,1-2H3. The van der Waals surface area contributed by atoms with Crippen LogP contribution >= 0.6 is 0 Å². The fourth-order valence-corrected chi connectivity index (χ4v) is 4.33. The minimum absolute atomic E-state index is 0.107. The Labute approximate surface area is 121 Å². The second-order valence-electron chi connectivity index (χ2n) is 5.47. The summed E-state index contributed by atoms with van der Waals surface area (Å²) in [7, 11) is -3.48. The van der Waals surface area contributed by atoms with E-state index in [1.807, 2.05) is 12.1 Å². The molecule has 1 heterocycles. The first kappa shape index (κ1) is 15.5. The highest BCUT2D eigenvalue weighted by atomic mass is 32.2. The smallest absolute Gasteiger partial charge is 0.243 e. The number of hydrogen-bond acceptors (Lipinski definition) is 3. The van der Waals surface area contributed by atoms with Crippen LogP contribution in [0.5, 0.6) is 0 Å². The molecular weight excluding hydrogens is 274 g/mol. The van der Waals surface area contributed by atoms with E-state index in [9.17, 15) is 13.5 Å². The average Bonchev–Trinajstić information content (AvgIpc) is 2.95. The van der Waals surface area contributed by atoms with Crippen molar-refractivity contribution in [1.82, 2.24) is 4.31 Å². The minimum atomic E-state index is -3.48. The van der Waals surface area contributed by atoms with E-state index in [1.54, 1.807) is 12.1 Å². The van der Waals surface area contributed by atoms with Gasteiger partial charge in [-0.25, -0.2) is 8.42 Å². The van der Waals surface area contributed by atoms with Gasteiger partial charge in [0.25, 0.3) is 0 Å². The Morgan fingerprint density at radius 2 is 2.00 bits per heavy atom. The van der Waals surface area contributed by atoms with Crippen molar-refractivity contribution in [1.29, 1.82) is 0 Å². The number of benzene rings is 1. The van der Waals surface area contributed by atoms with E-state index >= 15 is 0 Å². The molecule has 0 spiro atoms. The van der Waals surface area contributed by atoms with E-state index in [4.69, 9.17) is 0 Å². The third-order valence-electron chi connectivity index (χ3n) is 4.20. The molecule has 0 aliphatic carbocycles. The first-order valence-corrected chi connectivity index (χ1v) is 8.67. The van der Waals surface area contributed by atoms with Gasteiger partial charge in [0.05, 0.1) is 11.5 Å². The number of sulfonamides is 1. The molecule has 1 aromatic rings. The second kappa shape index (κ2) is 6.24. The van der Waals surface area contributed by atoms with Gasteiger partial charge in [0.1, 0.15) is 0 Å². The largest absolute Gasteiger partial charge is 0.395 e. The van der Waals surface area contributed by atoms with Gasteiger partial charge in [-0.3, -0.25) is 0 Å². The van der Waals surface area contributed by atoms with Gasteiger partial charge in [0, 0.05) is 12.6 Å². The molecule has 5 heteroatoms. The number of rotatable bonds is 5. The SMILES string of the molecule is CCC(C)c1ccc(S(=O)(=O)N2CCCC2CO)cc1. The highest BCUT2D eigenvalue weighted by Gasteiger charge is 2.34. The lowest BCUT2D eigenvalue weighted by Gasteiger charge is -2.22. The second-order valence-corrected chi connectivity index (χ2v) is 7.36. The van der Waals surface area contributed by atoms with Crippen LogP contribution in [-0.4, -0.2) is 37.0 Å². The first-order chi connectivity index (χ1) is 9.50. The maximum absolute atomic E-state index is 12.6. The van der Waals surface area contributed by atoms with Crippen molar-refractivity contribution < 1.29 is 13.5 Å². The van der Waals surface area contributed by atoms with Crippen LogP contribution in [0.25, 0.3) is 0 Å². The molecule has 0 amide bonds. The van der Waals surface area contributed by atoms with Crippen LogP contribution < -0.4 is 0 Å². The van der Waals surface area contributed by atoms with Crippen LogP contribution in [0.15, 0.2) is 29.2 Å². The highest BCUT2D eigenvalue weighted by molar-refractivity contribution is 7.89. The third-order valence-corrected chi connectivity index (χ3v) is 6.17. The fourth-order valence-electron chi connectivity index (χ4n) is 2.65. The molecule has 1 N–H and O–H groups in total. The Balaban J connectivity index is 2.26. The molecule has 0 aromatic heterocycles. The van der Waals surface area contributed by atoms with Crippen LogP contribution in [0.4, 0.5) is 0 Å². The lowest BCUT2D eigenvalue weighted by molar-refractivity contribution is 0.213. The summed E-state index contributed by atoms with van der Waals surface area (Å²) >= 11 is 0. The molecule has 2 unspecified atom stereocenters. The van der Waals surface area contributed by atoms with Gasteiger partial charge in [-0.1, -0.05) is 26.0 Å². The molecule has 1 aliphatic heterocycles. The molecule has 4 nitrogen and oxygen atoms in total. The predicted octanol–water partition coefficient (Wildman–Crippen LogP) is 2.35. The van der Waals surface area contributed by atoms with E-state index in [2.05, 4.69) is 13.8 Å². The summed E-state index contributed by atoms with van der Waals surface area (Å²) in [5.74, 6) is 0.434. The summed E-state index contributed by atoms with van der Waals surface area (Å²) in [5.41, 5.74) is 1.16. The summed E-state index contributed by atoms with van der Waals surface area (Å²) in [5, 5.41) is 9.29. The summed E-state index contributed by atoms with van der Waals surface area (Å²) in [4.78, 5) is 0.324. The molecule has 20 heavy (non-hydrogen) atoms. The van der Waals surface area contributed by atoms with Crippen LogP contribution in [0.1, 0.15) is 44.6 Å². The Hall–Kier alpha value is -0.910. The monoisotopic (exact) mass is 297 g/mol. The van der Waals surface area contributed by atoms with Crippen LogP contribution in [0, 0.1) is 0 Å². The Bertz CT molecular complexity index is 539. The minimum Gasteiger partial charge on any atom is -0.395 e. The van der Waals surface area contributed by atoms with E-state index in [-0.39, 0.29) is 12.6 Å². The van der Waals surface area contributed by atoms with E-state index in [0.717, 1.165) is 24.8 Å². The van der Waals surface area contributed by atoms with E-state index in [1.165, 1.54) is 4.31 Å². The predicted molar refractivity (Wildman–Crippen MR) is 79.1 cm³/mol. The lowest BCUT2D eigenvalue weighted by atomic mass is 9.99. The number of aliphatic hydroxyl groups is 1. The molecule has 1 fully saturated rings. The Kier molecular flexibility index (Phi) is 4.83. The van der Waals surface area contributed by atoms with Crippen molar-refractivity contribution in [2.75, 3.05) is 13.2 Å². The lowest BCUT2D eigenvalue weighted by Crippen LogP contribution is -2.37. The van der Waals surface area contributed by atoms with Crippen molar-refractivity contribution in [2.24, 2.45) is 0 Å². The van der Waals surface area contributed by atoms with E-state index in [0.29, 0.717) is 17.4 Å². The molecule has 1 saturated heterocycles. The zero-order chi connectivity index (χ0) is 14.8. The molecule has 2 rings (SSSR count). The van der Waals surface area contributed by atoms with Gasteiger partial charge in [-0.15, -0.1) is 0 Å². The van der Waals surface area contributed by atoms with Gasteiger partial charge in [-0.05, 0) is 42.9 Å². The number of aliphatic hydroxyl groups excluding tert-OH is 1. The number of hydrogen-bond donors (Lipinski definition) is 1. The Morgan fingerprint density at radius 1 is 1.35 bits per heavy atom. The molecule has 0 radical (unpaired) electrons. The summed E-state index contributed by atoms with van der Waals surface area (Å²) in [6.07, 6.45) is 2.58. The van der Waals surface area contributed by atoms with Crippen molar-refractivity contribution in [2.45, 2.75) is 50.0 Å². The third kappa shape index (κ3) is 2.90. The topological polar surface area (TPSA) is 57.6 Å². The summed E-state index contributed by atoms with van der Waals surface area (Å²) in [6.45, 7) is 4.64. The molecule has 1 aromatic carbocycles. The van der Waals surface area contributed by atoms with Crippen LogP contribution in [-0.2, 0) is 10.0 Å². The zero-order valence-electron chi connectivity index (χ0n) is 12.1. The fraction of sp³-hybridized carbons (Fsp3) is 0.600. The Morgan fingerprint density at radius 3 is 2.55 bits per heavy atom. The van der Waals surface area contributed by atoms with Crippen molar-refractivity contribution >= 4 is 10.0 Å².